The highest BCUT2D eigenvalue weighted by molar-refractivity contribution is 8.00. The minimum absolute atomic E-state index is 0.0345. The lowest BCUT2D eigenvalue weighted by molar-refractivity contribution is 0.101. The molecule has 3 heterocycles. The number of nitrogens with zero attached hydrogens (tertiary/aromatic N) is 4. The van der Waals surface area contributed by atoms with Gasteiger partial charge in [0.25, 0.3) is 0 Å². The van der Waals surface area contributed by atoms with E-state index < -0.39 is 0 Å². The Morgan fingerprint density at radius 3 is 2.79 bits per heavy atom. The number of aromatic nitrogens is 5. The number of para-hydroxylation sites is 1. The Morgan fingerprint density at radius 1 is 1.12 bits per heavy atom. The Balaban J connectivity index is 1.63. The highest BCUT2D eigenvalue weighted by atomic mass is 32.2. The SMILES string of the molecule is O=C(CSc1ncnc2c1cnn2-c1ccccc1)c1ccc[nH]1. The molecule has 4 rings (SSSR count). The third-order valence-corrected chi connectivity index (χ3v) is 4.57. The molecule has 0 aliphatic carbocycles. The zero-order valence-corrected chi connectivity index (χ0v) is 13.4. The molecule has 0 radical (unpaired) electrons. The van der Waals surface area contributed by atoms with E-state index in [0.717, 1.165) is 21.7 Å². The molecule has 0 spiro atoms. The Hall–Kier alpha value is -2.93. The van der Waals surface area contributed by atoms with Crippen LogP contribution >= 0.6 is 11.8 Å². The lowest BCUT2D eigenvalue weighted by Crippen LogP contribution is -2.03. The molecule has 0 unspecified atom stereocenters. The topological polar surface area (TPSA) is 76.5 Å². The first kappa shape index (κ1) is 14.6. The number of carbonyl (C=O) groups excluding carboxylic acids is 1. The molecule has 0 amide bonds. The first-order valence-electron chi connectivity index (χ1n) is 7.36. The van der Waals surface area contributed by atoms with E-state index >= 15 is 0 Å². The fourth-order valence-corrected chi connectivity index (χ4v) is 3.26. The number of benzene rings is 1. The Kier molecular flexibility index (Phi) is 3.84. The van der Waals surface area contributed by atoms with Crippen molar-refractivity contribution in [3.63, 3.8) is 0 Å². The van der Waals surface area contributed by atoms with E-state index in [0.29, 0.717) is 11.4 Å². The smallest absolute Gasteiger partial charge is 0.189 e. The first-order valence-corrected chi connectivity index (χ1v) is 8.35. The highest BCUT2D eigenvalue weighted by Crippen LogP contribution is 2.26. The summed E-state index contributed by atoms with van der Waals surface area (Å²) in [7, 11) is 0. The fraction of sp³-hybridized carbons (Fsp3) is 0.0588. The average Bonchev–Trinajstić information content (AvgIpc) is 3.30. The van der Waals surface area contributed by atoms with Crippen LogP contribution in [0.2, 0.25) is 0 Å². The van der Waals surface area contributed by atoms with E-state index in [1.54, 1.807) is 23.1 Å². The van der Waals surface area contributed by atoms with Crippen molar-refractivity contribution in [3.8, 4) is 5.69 Å². The largest absolute Gasteiger partial charge is 0.359 e. The second-order valence-electron chi connectivity index (χ2n) is 5.10. The predicted octanol–water partition coefficient (Wildman–Crippen LogP) is 3.12. The van der Waals surface area contributed by atoms with E-state index in [9.17, 15) is 4.79 Å². The summed E-state index contributed by atoms with van der Waals surface area (Å²) in [6, 6.07) is 13.4. The van der Waals surface area contributed by atoms with E-state index in [-0.39, 0.29) is 5.78 Å². The number of aromatic amines is 1. The second kappa shape index (κ2) is 6.29. The van der Waals surface area contributed by atoms with Crippen molar-refractivity contribution in [1.29, 1.82) is 0 Å². The van der Waals surface area contributed by atoms with Crippen LogP contribution in [0, 0.1) is 0 Å². The second-order valence-corrected chi connectivity index (χ2v) is 6.07. The van der Waals surface area contributed by atoms with Crippen LogP contribution in [0.4, 0.5) is 0 Å². The molecule has 3 aromatic heterocycles. The van der Waals surface area contributed by atoms with Gasteiger partial charge in [0.15, 0.2) is 11.4 Å². The van der Waals surface area contributed by atoms with Crippen molar-refractivity contribution in [2.75, 3.05) is 5.75 Å². The van der Waals surface area contributed by atoms with Gasteiger partial charge in [-0.05, 0) is 24.3 Å². The van der Waals surface area contributed by atoms with Crippen LogP contribution in [-0.4, -0.2) is 36.3 Å². The summed E-state index contributed by atoms with van der Waals surface area (Å²) in [6.45, 7) is 0. The van der Waals surface area contributed by atoms with Crippen LogP contribution in [0.3, 0.4) is 0 Å². The number of H-pyrrole nitrogens is 1. The first-order chi connectivity index (χ1) is 11.8. The monoisotopic (exact) mass is 335 g/mol. The van der Waals surface area contributed by atoms with Crippen LogP contribution in [0.15, 0.2) is 66.2 Å². The normalized spacial score (nSPS) is 11.0. The van der Waals surface area contributed by atoms with Crippen molar-refractivity contribution < 1.29 is 4.79 Å². The molecule has 0 aliphatic heterocycles. The number of rotatable bonds is 5. The lowest BCUT2D eigenvalue weighted by atomic mass is 10.3. The molecule has 0 saturated heterocycles. The van der Waals surface area contributed by atoms with Gasteiger partial charge in [0.05, 0.1) is 28.7 Å². The highest BCUT2D eigenvalue weighted by Gasteiger charge is 2.13. The zero-order valence-electron chi connectivity index (χ0n) is 12.6. The quantitative estimate of drug-likeness (QED) is 0.344. The van der Waals surface area contributed by atoms with Gasteiger partial charge >= 0.3 is 0 Å². The van der Waals surface area contributed by atoms with Gasteiger partial charge in [-0.15, -0.1) is 0 Å². The minimum atomic E-state index is 0.0345. The molecular weight excluding hydrogens is 322 g/mol. The Morgan fingerprint density at radius 2 is 2.00 bits per heavy atom. The van der Waals surface area contributed by atoms with Crippen molar-refractivity contribution in [2.24, 2.45) is 0 Å². The number of ketones is 1. The van der Waals surface area contributed by atoms with Gasteiger partial charge in [-0.25, -0.2) is 14.6 Å². The van der Waals surface area contributed by atoms with Crippen LogP contribution in [0.25, 0.3) is 16.7 Å². The number of fused-ring (bicyclic) bond motifs is 1. The van der Waals surface area contributed by atoms with E-state index in [1.165, 1.54) is 18.1 Å². The maximum Gasteiger partial charge on any atom is 0.189 e. The number of nitrogens with one attached hydrogen (secondary N) is 1. The molecule has 118 valence electrons. The Bertz CT molecular complexity index is 979. The van der Waals surface area contributed by atoms with E-state index in [2.05, 4.69) is 20.1 Å². The lowest BCUT2D eigenvalue weighted by Gasteiger charge is -2.03. The summed E-state index contributed by atoms with van der Waals surface area (Å²) in [5.74, 6) is 0.343. The van der Waals surface area contributed by atoms with Gasteiger partial charge in [0.1, 0.15) is 11.4 Å². The summed E-state index contributed by atoms with van der Waals surface area (Å²) in [6.07, 6.45) is 4.99. The molecule has 7 heteroatoms. The van der Waals surface area contributed by atoms with Crippen molar-refractivity contribution >= 4 is 28.6 Å². The zero-order chi connectivity index (χ0) is 16.4. The maximum atomic E-state index is 12.1. The molecule has 0 fully saturated rings. The van der Waals surface area contributed by atoms with Gasteiger partial charge in [-0.2, -0.15) is 5.10 Å². The minimum Gasteiger partial charge on any atom is -0.359 e. The van der Waals surface area contributed by atoms with Crippen LogP contribution in [0.5, 0.6) is 0 Å². The average molecular weight is 335 g/mol. The van der Waals surface area contributed by atoms with Gasteiger partial charge < -0.3 is 4.98 Å². The van der Waals surface area contributed by atoms with Crippen molar-refractivity contribution in [2.45, 2.75) is 5.03 Å². The predicted molar refractivity (Wildman–Crippen MR) is 92.5 cm³/mol. The van der Waals surface area contributed by atoms with Crippen LogP contribution in [0.1, 0.15) is 10.5 Å². The summed E-state index contributed by atoms with van der Waals surface area (Å²) < 4.78 is 1.77. The number of thioether (sulfide) groups is 1. The van der Waals surface area contributed by atoms with Crippen LogP contribution < -0.4 is 0 Å². The number of hydrogen-bond donors (Lipinski definition) is 1. The molecule has 1 aromatic carbocycles. The van der Waals surface area contributed by atoms with Crippen molar-refractivity contribution in [1.82, 2.24) is 24.7 Å². The number of hydrogen-bond acceptors (Lipinski definition) is 5. The van der Waals surface area contributed by atoms with Gasteiger partial charge in [0, 0.05) is 6.20 Å². The molecule has 1 N–H and O–H groups in total. The molecule has 0 aliphatic rings. The van der Waals surface area contributed by atoms with E-state index in [4.69, 9.17) is 0 Å². The number of carbonyl (C=O) groups is 1. The molecule has 4 aromatic rings. The third-order valence-electron chi connectivity index (χ3n) is 3.57. The fourth-order valence-electron chi connectivity index (χ4n) is 2.41. The van der Waals surface area contributed by atoms with Crippen LogP contribution in [-0.2, 0) is 0 Å². The molecule has 0 saturated carbocycles. The van der Waals surface area contributed by atoms with E-state index in [1.807, 2.05) is 36.4 Å². The van der Waals surface area contributed by atoms with Gasteiger partial charge in [0.2, 0.25) is 0 Å². The third kappa shape index (κ3) is 2.69. The van der Waals surface area contributed by atoms with Gasteiger partial charge in [-0.1, -0.05) is 30.0 Å². The van der Waals surface area contributed by atoms with Gasteiger partial charge in [-0.3, -0.25) is 4.79 Å². The Labute approximate surface area is 141 Å². The molecule has 24 heavy (non-hydrogen) atoms. The standard InChI is InChI=1S/C17H13N5OS/c23-15(14-7-4-8-18-14)10-24-17-13-9-21-22(16(13)19-11-20-17)12-5-2-1-3-6-12/h1-9,11,18H,10H2. The number of Topliss-reactive ketones (excluding diaryl/α,β-unsaturated/α-hetero) is 1. The molecule has 0 bridgehead atoms. The summed E-state index contributed by atoms with van der Waals surface area (Å²) >= 11 is 1.39. The maximum absolute atomic E-state index is 12.1. The summed E-state index contributed by atoms with van der Waals surface area (Å²) in [5.41, 5.74) is 2.27. The molecular formula is C17H13N5OS. The molecule has 6 nitrogen and oxygen atoms in total. The summed E-state index contributed by atoms with van der Waals surface area (Å²) in [4.78, 5) is 23.7. The summed E-state index contributed by atoms with van der Waals surface area (Å²) in [5, 5.41) is 6.00. The molecule has 0 atom stereocenters. The van der Waals surface area contributed by atoms with Crippen molar-refractivity contribution in [3.05, 3.63) is 66.9 Å².